The minimum atomic E-state index is -0.800. The molecule has 94 valence electrons. The topological polar surface area (TPSA) is 52.0 Å². The van der Waals surface area contributed by atoms with Crippen molar-refractivity contribution in [3.63, 3.8) is 0 Å². The SMILES string of the molecule is C=CC(CCCCCCCC)C(N)(N)C=C. The van der Waals surface area contributed by atoms with E-state index in [1.54, 1.807) is 6.08 Å². The summed E-state index contributed by atoms with van der Waals surface area (Å²) in [5.41, 5.74) is 11.0. The van der Waals surface area contributed by atoms with Crippen LogP contribution < -0.4 is 11.5 Å². The van der Waals surface area contributed by atoms with Crippen LogP contribution in [0, 0.1) is 5.92 Å². The lowest BCUT2D eigenvalue weighted by Gasteiger charge is -2.28. The Morgan fingerprint density at radius 2 is 1.62 bits per heavy atom. The van der Waals surface area contributed by atoms with Crippen molar-refractivity contribution < 1.29 is 0 Å². The van der Waals surface area contributed by atoms with Gasteiger partial charge in [0.2, 0.25) is 0 Å². The molecular weight excluding hydrogens is 196 g/mol. The van der Waals surface area contributed by atoms with Gasteiger partial charge in [0, 0.05) is 5.92 Å². The zero-order valence-electron chi connectivity index (χ0n) is 10.8. The average Bonchev–Trinajstić information content (AvgIpc) is 2.28. The fourth-order valence-electron chi connectivity index (χ4n) is 1.87. The minimum Gasteiger partial charge on any atom is -0.310 e. The van der Waals surface area contributed by atoms with Crippen LogP contribution in [0.15, 0.2) is 25.3 Å². The molecule has 0 saturated carbocycles. The Kier molecular flexibility index (Phi) is 8.22. The molecule has 0 rings (SSSR count). The van der Waals surface area contributed by atoms with Gasteiger partial charge in [0.1, 0.15) is 0 Å². The summed E-state index contributed by atoms with van der Waals surface area (Å²) < 4.78 is 0. The first kappa shape index (κ1) is 15.4. The van der Waals surface area contributed by atoms with Crippen LogP contribution in [0.25, 0.3) is 0 Å². The van der Waals surface area contributed by atoms with E-state index in [0.717, 1.165) is 6.42 Å². The van der Waals surface area contributed by atoms with Gasteiger partial charge in [-0.25, -0.2) is 0 Å². The summed E-state index contributed by atoms with van der Waals surface area (Å²) in [7, 11) is 0. The molecular formula is C14H28N2. The van der Waals surface area contributed by atoms with E-state index in [0.29, 0.717) is 0 Å². The van der Waals surface area contributed by atoms with Crippen LogP contribution in [0.4, 0.5) is 0 Å². The maximum atomic E-state index is 5.92. The molecule has 0 fully saturated rings. The first-order valence-corrected chi connectivity index (χ1v) is 6.42. The lowest BCUT2D eigenvalue weighted by atomic mass is 9.89. The van der Waals surface area contributed by atoms with Crippen molar-refractivity contribution in [2.24, 2.45) is 17.4 Å². The number of hydrogen-bond donors (Lipinski definition) is 2. The number of hydrogen-bond acceptors (Lipinski definition) is 2. The molecule has 0 aliphatic carbocycles. The molecule has 0 aromatic carbocycles. The molecule has 0 radical (unpaired) electrons. The molecule has 0 bridgehead atoms. The number of rotatable bonds is 10. The number of unbranched alkanes of at least 4 members (excludes halogenated alkanes) is 5. The van der Waals surface area contributed by atoms with Crippen LogP contribution in [-0.4, -0.2) is 5.66 Å². The van der Waals surface area contributed by atoms with Crippen molar-refractivity contribution in [3.05, 3.63) is 25.3 Å². The van der Waals surface area contributed by atoms with Gasteiger partial charge in [0.15, 0.2) is 0 Å². The van der Waals surface area contributed by atoms with E-state index < -0.39 is 5.66 Å². The zero-order valence-corrected chi connectivity index (χ0v) is 10.8. The largest absolute Gasteiger partial charge is 0.310 e. The third-order valence-corrected chi connectivity index (χ3v) is 3.15. The number of nitrogens with two attached hydrogens (primary N) is 2. The molecule has 0 saturated heterocycles. The van der Waals surface area contributed by atoms with Crippen LogP contribution in [0.5, 0.6) is 0 Å². The predicted molar refractivity (Wildman–Crippen MR) is 73.0 cm³/mol. The van der Waals surface area contributed by atoms with Crippen LogP contribution in [0.1, 0.15) is 51.9 Å². The highest BCUT2D eigenvalue weighted by molar-refractivity contribution is 5.05. The maximum Gasteiger partial charge on any atom is 0.0889 e. The Labute approximate surface area is 101 Å². The third kappa shape index (κ3) is 6.09. The maximum absolute atomic E-state index is 5.92. The van der Waals surface area contributed by atoms with Crippen molar-refractivity contribution in [1.29, 1.82) is 0 Å². The minimum absolute atomic E-state index is 0.135. The van der Waals surface area contributed by atoms with Crippen molar-refractivity contribution in [2.75, 3.05) is 0 Å². The molecule has 1 unspecified atom stereocenters. The monoisotopic (exact) mass is 224 g/mol. The molecule has 0 heterocycles. The van der Waals surface area contributed by atoms with Gasteiger partial charge >= 0.3 is 0 Å². The second-order valence-corrected chi connectivity index (χ2v) is 4.60. The molecule has 1 atom stereocenters. The van der Waals surface area contributed by atoms with Crippen molar-refractivity contribution in [1.82, 2.24) is 0 Å². The fourth-order valence-corrected chi connectivity index (χ4v) is 1.87. The fraction of sp³-hybridized carbons (Fsp3) is 0.714. The second kappa shape index (κ2) is 8.54. The summed E-state index contributed by atoms with van der Waals surface area (Å²) in [6, 6.07) is 0. The van der Waals surface area contributed by atoms with E-state index in [2.05, 4.69) is 20.1 Å². The molecule has 0 amide bonds. The third-order valence-electron chi connectivity index (χ3n) is 3.15. The molecule has 4 N–H and O–H groups in total. The molecule has 16 heavy (non-hydrogen) atoms. The molecule has 0 aromatic heterocycles. The highest BCUT2D eigenvalue weighted by atomic mass is 15.0. The van der Waals surface area contributed by atoms with E-state index in [1.807, 2.05) is 6.08 Å². The van der Waals surface area contributed by atoms with Gasteiger partial charge in [-0.2, -0.15) is 0 Å². The van der Waals surface area contributed by atoms with Crippen LogP contribution in [-0.2, 0) is 0 Å². The Balaban J connectivity index is 3.72. The molecule has 2 nitrogen and oxygen atoms in total. The molecule has 0 aliphatic rings. The highest BCUT2D eigenvalue weighted by Gasteiger charge is 2.24. The van der Waals surface area contributed by atoms with Gasteiger partial charge in [-0.05, 0) is 6.42 Å². The van der Waals surface area contributed by atoms with Gasteiger partial charge in [-0.15, -0.1) is 6.58 Å². The summed E-state index contributed by atoms with van der Waals surface area (Å²) in [6.45, 7) is 9.70. The van der Waals surface area contributed by atoms with Gasteiger partial charge in [0.05, 0.1) is 5.66 Å². The highest BCUT2D eigenvalue weighted by Crippen LogP contribution is 2.20. The molecule has 2 heteroatoms. The van der Waals surface area contributed by atoms with Gasteiger partial charge in [0.25, 0.3) is 0 Å². The van der Waals surface area contributed by atoms with E-state index >= 15 is 0 Å². The van der Waals surface area contributed by atoms with Gasteiger partial charge < -0.3 is 11.5 Å². The molecule has 0 aliphatic heterocycles. The van der Waals surface area contributed by atoms with Crippen LogP contribution in [0.2, 0.25) is 0 Å². The molecule has 0 aromatic rings. The van der Waals surface area contributed by atoms with Crippen LogP contribution >= 0.6 is 0 Å². The van der Waals surface area contributed by atoms with Crippen LogP contribution in [0.3, 0.4) is 0 Å². The summed E-state index contributed by atoms with van der Waals surface area (Å²) >= 11 is 0. The average molecular weight is 224 g/mol. The lowest BCUT2D eigenvalue weighted by Crippen LogP contribution is -2.53. The van der Waals surface area contributed by atoms with E-state index in [4.69, 9.17) is 11.5 Å². The Morgan fingerprint density at radius 1 is 1.06 bits per heavy atom. The van der Waals surface area contributed by atoms with Crippen molar-refractivity contribution >= 4 is 0 Å². The first-order valence-electron chi connectivity index (χ1n) is 6.42. The summed E-state index contributed by atoms with van der Waals surface area (Å²) in [5.74, 6) is 0.135. The molecule has 0 spiro atoms. The summed E-state index contributed by atoms with van der Waals surface area (Å²) in [4.78, 5) is 0. The smallest absolute Gasteiger partial charge is 0.0889 e. The summed E-state index contributed by atoms with van der Waals surface area (Å²) in [6.07, 6.45) is 12.2. The quantitative estimate of drug-likeness (QED) is 0.340. The Bertz CT molecular complexity index is 197. The van der Waals surface area contributed by atoms with Crippen molar-refractivity contribution in [2.45, 2.75) is 57.5 Å². The zero-order chi connectivity index (χ0) is 12.4. The summed E-state index contributed by atoms with van der Waals surface area (Å²) in [5, 5.41) is 0. The predicted octanol–water partition coefficient (Wildman–Crippen LogP) is 3.34. The van der Waals surface area contributed by atoms with E-state index in [1.165, 1.54) is 38.5 Å². The first-order chi connectivity index (χ1) is 7.58. The van der Waals surface area contributed by atoms with E-state index in [9.17, 15) is 0 Å². The second-order valence-electron chi connectivity index (χ2n) is 4.60. The Hall–Kier alpha value is -0.600. The standard InChI is InChI=1S/C14H28N2/c1-4-7-8-9-10-11-12-13(5-2)14(15,16)6-3/h5-6,13H,2-4,7-12,15-16H2,1H3. The van der Waals surface area contributed by atoms with E-state index in [-0.39, 0.29) is 5.92 Å². The lowest BCUT2D eigenvalue weighted by molar-refractivity contribution is 0.372. The van der Waals surface area contributed by atoms with Gasteiger partial charge in [-0.1, -0.05) is 64.2 Å². The normalized spacial score (nSPS) is 13.4. The van der Waals surface area contributed by atoms with Crippen molar-refractivity contribution in [3.8, 4) is 0 Å². The van der Waals surface area contributed by atoms with Gasteiger partial charge in [-0.3, -0.25) is 0 Å². The Morgan fingerprint density at radius 3 is 2.12 bits per heavy atom.